The van der Waals surface area contributed by atoms with Gasteiger partial charge in [0, 0.05) is 0 Å². The van der Waals surface area contributed by atoms with Crippen molar-refractivity contribution in [3.63, 3.8) is 0 Å². The lowest BCUT2D eigenvalue weighted by Crippen LogP contribution is -1.98. The number of ether oxygens (including phenoxy) is 1. The molecule has 0 spiro atoms. The summed E-state index contributed by atoms with van der Waals surface area (Å²) in [7, 11) is 0. The van der Waals surface area contributed by atoms with Gasteiger partial charge in [-0.2, -0.15) is 0 Å². The zero-order chi connectivity index (χ0) is 10.6. The number of benzene rings is 1. The Labute approximate surface area is 86.4 Å². The van der Waals surface area contributed by atoms with E-state index in [1.165, 1.54) is 11.1 Å². The molecule has 0 amide bonds. The van der Waals surface area contributed by atoms with Gasteiger partial charge in [0.2, 0.25) is 0 Å². The fraction of sp³-hybridized carbons (Fsp3) is 0.385. The summed E-state index contributed by atoms with van der Waals surface area (Å²) in [5.74, 6) is 1.31. The maximum Gasteiger partial charge on any atom is 0.113 e. The van der Waals surface area contributed by atoms with Crippen molar-refractivity contribution >= 4 is 0 Å². The quantitative estimate of drug-likeness (QED) is 0.655. The maximum absolute atomic E-state index is 5.42. The highest BCUT2D eigenvalue weighted by molar-refractivity contribution is 5.29. The standard InChI is InChI=1S/C13H18O/c1-10(2)13-8-6-5-7-12(13)9-14-11(3)4/h5-8,10H,3,9H2,1-2,4H3. The fourth-order valence-electron chi connectivity index (χ4n) is 1.43. The first-order valence-corrected chi connectivity index (χ1v) is 4.97. The number of hydrogen-bond acceptors (Lipinski definition) is 1. The van der Waals surface area contributed by atoms with Gasteiger partial charge in [0.15, 0.2) is 0 Å². The minimum absolute atomic E-state index is 0.542. The summed E-state index contributed by atoms with van der Waals surface area (Å²) >= 11 is 0. The molecule has 14 heavy (non-hydrogen) atoms. The largest absolute Gasteiger partial charge is 0.494 e. The van der Waals surface area contributed by atoms with Crippen molar-refractivity contribution in [2.24, 2.45) is 0 Å². The molecule has 0 atom stereocenters. The summed E-state index contributed by atoms with van der Waals surface area (Å²) in [5, 5.41) is 0. The monoisotopic (exact) mass is 190 g/mol. The van der Waals surface area contributed by atoms with Crippen molar-refractivity contribution in [2.45, 2.75) is 33.3 Å². The van der Waals surface area contributed by atoms with E-state index in [4.69, 9.17) is 4.74 Å². The average Bonchev–Trinajstić information content (AvgIpc) is 2.15. The highest BCUT2D eigenvalue weighted by Gasteiger charge is 2.05. The normalized spacial score (nSPS) is 10.3. The number of allylic oxidation sites excluding steroid dienone is 1. The van der Waals surface area contributed by atoms with E-state index in [2.05, 4.69) is 38.6 Å². The smallest absolute Gasteiger partial charge is 0.113 e. The molecule has 0 heterocycles. The first-order chi connectivity index (χ1) is 6.61. The van der Waals surface area contributed by atoms with Crippen LogP contribution in [0.25, 0.3) is 0 Å². The molecular weight excluding hydrogens is 172 g/mol. The first-order valence-electron chi connectivity index (χ1n) is 4.97. The van der Waals surface area contributed by atoms with Crippen molar-refractivity contribution in [3.8, 4) is 0 Å². The Kier molecular flexibility index (Phi) is 3.75. The van der Waals surface area contributed by atoms with Gasteiger partial charge in [-0.25, -0.2) is 0 Å². The third-order valence-corrected chi connectivity index (χ3v) is 2.15. The van der Waals surface area contributed by atoms with Crippen molar-refractivity contribution in [3.05, 3.63) is 47.7 Å². The zero-order valence-corrected chi connectivity index (χ0v) is 9.21. The molecule has 1 nitrogen and oxygen atoms in total. The molecule has 0 aliphatic rings. The van der Waals surface area contributed by atoms with Crippen LogP contribution in [0.1, 0.15) is 37.8 Å². The second-order valence-corrected chi connectivity index (χ2v) is 3.84. The summed E-state index contributed by atoms with van der Waals surface area (Å²) in [5.41, 5.74) is 2.61. The van der Waals surface area contributed by atoms with Gasteiger partial charge in [-0.05, 0) is 24.0 Å². The SMILES string of the molecule is C=C(C)OCc1ccccc1C(C)C. The predicted molar refractivity (Wildman–Crippen MR) is 60.1 cm³/mol. The van der Waals surface area contributed by atoms with Crippen LogP contribution in [0, 0.1) is 0 Å². The van der Waals surface area contributed by atoms with E-state index >= 15 is 0 Å². The van der Waals surface area contributed by atoms with Crippen LogP contribution >= 0.6 is 0 Å². The Balaban J connectivity index is 2.79. The molecule has 1 aromatic rings. The Hall–Kier alpha value is -1.24. The van der Waals surface area contributed by atoms with Crippen LogP contribution in [0.2, 0.25) is 0 Å². The Morgan fingerprint density at radius 3 is 2.57 bits per heavy atom. The van der Waals surface area contributed by atoms with Gasteiger partial charge >= 0.3 is 0 Å². The van der Waals surface area contributed by atoms with E-state index in [1.807, 2.05) is 13.0 Å². The van der Waals surface area contributed by atoms with Crippen LogP contribution in [-0.4, -0.2) is 0 Å². The molecule has 0 radical (unpaired) electrons. The molecule has 0 saturated carbocycles. The van der Waals surface area contributed by atoms with Crippen molar-refractivity contribution < 1.29 is 4.74 Å². The molecule has 0 aliphatic carbocycles. The van der Waals surface area contributed by atoms with Crippen molar-refractivity contribution in [1.82, 2.24) is 0 Å². The summed E-state index contributed by atoms with van der Waals surface area (Å²) in [6.07, 6.45) is 0. The van der Waals surface area contributed by atoms with Gasteiger partial charge in [-0.3, -0.25) is 0 Å². The van der Waals surface area contributed by atoms with Crippen molar-refractivity contribution in [2.75, 3.05) is 0 Å². The molecule has 0 N–H and O–H groups in total. The molecule has 0 bridgehead atoms. The molecule has 1 heteroatoms. The topological polar surface area (TPSA) is 9.23 Å². The number of hydrogen-bond donors (Lipinski definition) is 0. The Bertz CT molecular complexity index is 313. The summed E-state index contributed by atoms with van der Waals surface area (Å²) in [6.45, 7) is 10.6. The van der Waals surface area contributed by atoms with Crippen LogP contribution in [0.15, 0.2) is 36.6 Å². The van der Waals surface area contributed by atoms with Crippen LogP contribution in [0.3, 0.4) is 0 Å². The average molecular weight is 190 g/mol. The van der Waals surface area contributed by atoms with E-state index in [-0.39, 0.29) is 0 Å². The maximum atomic E-state index is 5.42. The second-order valence-electron chi connectivity index (χ2n) is 3.84. The van der Waals surface area contributed by atoms with Crippen molar-refractivity contribution in [1.29, 1.82) is 0 Å². The second kappa shape index (κ2) is 4.85. The molecule has 76 valence electrons. The van der Waals surface area contributed by atoms with Gasteiger partial charge < -0.3 is 4.74 Å². The van der Waals surface area contributed by atoms with Crippen LogP contribution in [0.5, 0.6) is 0 Å². The van der Waals surface area contributed by atoms with Gasteiger partial charge in [0.25, 0.3) is 0 Å². The van der Waals surface area contributed by atoms with E-state index in [0.717, 1.165) is 5.76 Å². The third-order valence-electron chi connectivity index (χ3n) is 2.15. The van der Waals surface area contributed by atoms with Gasteiger partial charge in [0.1, 0.15) is 6.61 Å². The van der Waals surface area contributed by atoms with Crippen LogP contribution in [-0.2, 0) is 11.3 Å². The number of rotatable bonds is 4. The van der Waals surface area contributed by atoms with E-state index in [0.29, 0.717) is 12.5 Å². The Morgan fingerprint density at radius 1 is 1.36 bits per heavy atom. The molecule has 0 saturated heterocycles. The highest BCUT2D eigenvalue weighted by atomic mass is 16.5. The first kappa shape index (κ1) is 10.8. The zero-order valence-electron chi connectivity index (χ0n) is 9.21. The minimum atomic E-state index is 0.542. The summed E-state index contributed by atoms with van der Waals surface area (Å²) in [6, 6.07) is 8.38. The van der Waals surface area contributed by atoms with E-state index in [9.17, 15) is 0 Å². The molecule has 0 unspecified atom stereocenters. The lowest BCUT2D eigenvalue weighted by molar-refractivity contribution is 0.201. The van der Waals surface area contributed by atoms with Gasteiger partial charge in [-0.15, -0.1) is 0 Å². The molecule has 0 aliphatic heterocycles. The molecule has 1 aromatic carbocycles. The van der Waals surface area contributed by atoms with Gasteiger partial charge in [-0.1, -0.05) is 44.7 Å². The molecule has 0 fully saturated rings. The predicted octanol–water partition coefficient (Wildman–Crippen LogP) is 3.86. The van der Waals surface area contributed by atoms with Crippen LogP contribution in [0.4, 0.5) is 0 Å². The molecular formula is C13H18O. The Morgan fingerprint density at radius 2 is 2.00 bits per heavy atom. The summed E-state index contributed by atoms with van der Waals surface area (Å²) < 4.78 is 5.42. The van der Waals surface area contributed by atoms with Gasteiger partial charge in [0.05, 0.1) is 5.76 Å². The fourth-order valence-corrected chi connectivity index (χ4v) is 1.43. The summed E-state index contributed by atoms with van der Waals surface area (Å²) in [4.78, 5) is 0. The highest BCUT2D eigenvalue weighted by Crippen LogP contribution is 2.20. The van der Waals surface area contributed by atoms with E-state index in [1.54, 1.807) is 0 Å². The lowest BCUT2D eigenvalue weighted by atomic mass is 9.98. The third kappa shape index (κ3) is 2.91. The van der Waals surface area contributed by atoms with Crippen LogP contribution < -0.4 is 0 Å². The molecule has 0 aromatic heterocycles. The minimum Gasteiger partial charge on any atom is -0.494 e. The lowest BCUT2D eigenvalue weighted by Gasteiger charge is -2.13. The van der Waals surface area contributed by atoms with E-state index < -0.39 is 0 Å². The molecule has 1 rings (SSSR count).